The SMILES string of the molecule is O=C(NC/C=C/c1cn([C@@H]2O[C@H](COP(=O)(O)OP(=O)(O)OP(=O)(O)O)[C@@H](O)[C@H]2O)c(=O)[nH]c1=O)C1C=CC=C1. The summed E-state index contributed by atoms with van der Waals surface area (Å²) in [6.07, 6.45) is 3.38. The van der Waals surface area contributed by atoms with E-state index >= 15 is 0 Å². The Morgan fingerprint density at radius 2 is 1.70 bits per heavy atom. The molecule has 1 aromatic rings. The molecule has 8 N–H and O–H groups in total. The van der Waals surface area contributed by atoms with E-state index in [1.807, 2.05) is 4.98 Å². The highest BCUT2D eigenvalue weighted by molar-refractivity contribution is 7.66. The lowest BCUT2D eigenvalue weighted by Gasteiger charge is -2.19. The fraction of sp³-hybridized carbons (Fsp3) is 0.389. The summed E-state index contributed by atoms with van der Waals surface area (Å²) >= 11 is 0. The van der Waals surface area contributed by atoms with Gasteiger partial charge in [-0.3, -0.25) is 23.7 Å². The van der Waals surface area contributed by atoms with E-state index in [0.717, 1.165) is 6.20 Å². The van der Waals surface area contributed by atoms with Crippen LogP contribution >= 0.6 is 23.5 Å². The fourth-order valence-corrected chi connectivity index (χ4v) is 6.48. The number of carbonyl (C=O) groups excluding carboxylic acids is 1. The summed E-state index contributed by atoms with van der Waals surface area (Å²) in [4.78, 5) is 74.4. The van der Waals surface area contributed by atoms with Gasteiger partial charge in [0.1, 0.15) is 18.3 Å². The second-order valence-electron chi connectivity index (χ2n) is 8.13. The van der Waals surface area contributed by atoms with E-state index in [1.54, 1.807) is 24.3 Å². The molecule has 1 saturated heterocycles. The third kappa shape index (κ3) is 8.83. The molecular weight excluding hydrogens is 607 g/mol. The second kappa shape index (κ2) is 12.7. The van der Waals surface area contributed by atoms with Gasteiger partial charge in [-0.2, -0.15) is 8.62 Å². The molecule has 1 fully saturated rings. The number of carbonyl (C=O) groups is 1. The number of aromatic amines is 1. The fourth-order valence-electron chi connectivity index (χ4n) is 3.45. The molecule has 1 amide bonds. The molecule has 2 aliphatic rings. The number of hydrogen-bond acceptors (Lipinski definition) is 12. The molecule has 222 valence electrons. The highest BCUT2D eigenvalue weighted by Gasteiger charge is 2.46. The van der Waals surface area contributed by atoms with Crippen molar-refractivity contribution >= 4 is 35.5 Å². The molecule has 2 unspecified atom stereocenters. The Bertz CT molecular complexity index is 1450. The first kappa shape index (κ1) is 32.2. The number of nitrogens with one attached hydrogen (secondary N) is 2. The average molecular weight is 631 g/mol. The van der Waals surface area contributed by atoms with Crippen LogP contribution in [0.5, 0.6) is 0 Å². The van der Waals surface area contributed by atoms with E-state index in [4.69, 9.17) is 14.5 Å². The van der Waals surface area contributed by atoms with Crippen LogP contribution in [0.3, 0.4) is 0 Å². The van der Waals surface area contributed by atoms with Crippen LogP contribution in [0.4, 0.5) is 0 Å². The van der Waals surface area contributed by atoms with Gasteiger partial charge in [0.2, 0.25) is 5.91 Å². The Hall–Kier alpha value is -2.34. The minimum atomic E-state index is -5.79. The Morgan fingerprint density at radius 3 is 2.33 bits per heavy atom. The number of hydrogen-bond donors (Lipinski definition) is 8. The van der Waals surface area contributed by atoms with Crippen molar-refractivity contribution in [3.05, 3.63) is 63.0 Å². The average Bonchev–Trinajstić information content (AvgIpc) is 3.44. The summed E-state index contributed by atoms with van der Waals surface area (Å²) < 4.78 is 51.5. The van der Waals surface area contributed by atoms with Gasteiger partial charge in [-0.25, -0.2) is 18.5 Å². The summed E-state index contributed by atoms with van der Waals surface area (Å²) in [5.41, 5.74) is -2.01. The molecule has 0 bridgehead atoms. The minimum Gasteiger partial charge on any atom is -0.387 e. The van der Waals surface area contributed by atoms with E-state index < -0.39 is 71.8 Å². The zero-order valence-electron chi connectivity index (χ0n) is 19.9. The van der Waals surface area contributed by atoms with E-state index in [9.17, 15) is 48.1 Å². The lowest BCUT2D eigenvalue weighted by molar-refractivity contribution is -0.122. The second-order valence-corrected chi connectivity index (χ2v) is 12.5. The molecule has 1 aliphatic carbocycles. The number of ether oxygens (including phenoxy) is 1. The van der Waals surface area contributed by atoms with Crippen LogP contribution in [-0.4, -0.2) is 76.7 Å². The highest BCUT2D eigenvalue weighted by atomic mass is 31.3. The molecule has 22 heteroatoms. The van der Waals surface area contributed by atoms with Gasteiger partial charge in [-0.1, -0.05) is 36.5 Å². The predicted molar refractivity (Wildman–Crippen MR) is 131 cm³/mol. The van der Waals surface area contributed by atoms with Gasteiger partial charge in [0.05, 0.1) is 18.1 Å². The van der Waals surface area contributed by atoms with Crippen molar-refractivity contribution in [1.29, 1.82) is 0 Å². The van der Waals surface area contributed by atoms with Crippen LogP contribution in [0.15, 0.2) is 46.2 Å². The van der Waals surface area contributed by atoms with Crippen molar-refractivity contribution in [1.82, 2.24) is 14.9 Å². The number of H-pyrrole nitrogens is 1. The Balaban J connectivity index is 1.66. The number of amides is 1. The number of phosphoric ester groups is 1. The number of allylic oxidation sites excluding steroid dienone is 2. The maximum Gasteiger partial charge on any atom is 0.490 e. The van der Waals surface area contributed by atoms with Crippen molar-refractivity contribution in [2.75, 3.05) is 13.2 Å². The molecule has 19 nitrogen and oxygen atoms in total. The molecule has 0 aromatic carbocycles. The van der Waals surface area contributed by atoms with Crippen molar-refractivity contribution in [2.45, 2.75) is 24.5 Å². The van der Waals surface area contributed by atoms with E-state index in [-0.39, 0.29) is 18.0 Å². The van der Waals surface area contributed by atoms with Gasteiger partial charge in [-0.15, -0.1) is 0 Å². The van der Waals surface area contributed by atoms with E-state index in [2.05, 4.69) is 18.5 Å². The molecular formula is C18H24N3O16P3. The van der Waals surface area contributed by atoms with Crippen LogP contribution in [0.1, 0.15) is 11.8 Å². The summed E-state index contributed by atoms with van der Waals surface area (Å²) in [7, 11) is -17.0. The summed E-state index contributed by atoms with van der Waals surface area (Å²) in [5.74, 6) is -0.706. The minimum absolute atomic E-state index is 0.0273. The molecule has 2 heterocycles. The first-order valence-electron chi connectivity index (χ1n) is 10.9. The first-order valence-corrected chi connectivity index (χ1v) is 15.4. The Morgan fingerprint density at radius 1 is 1.05 bits per heavy atom. The largest absolute Gasteiger partial charge is 0.490 e. The van der Waals surface area contributed by atoms with Crippen LogP contribution < -0.4 is 16.6 Å². The maximum absolute atomic E-state index is 12.4. The Labute approximate surface area is 223 Å². The van der Waals surface area contributed by atoms with Gasteiger partial charge >= 0.3 is 29.2 Å². The summed E-state index contributed by atoms with van der Waals surface area (Å²) in [5, 5.41) is 23.2. The van der Waals surface area contributed by atoms with Crippen molar-refractivity contribution in [3.63, 3.8) is 0 Å². The zero-order valence-corrected chi connectivity index (χ0v) is 22.6. The molecule has 0 radical (unpaired) electrons. The van der Waals surface area contributed by atoms with Crippen LogP contribution in [0, 0.1) is 5.92 Å². The van der Waals surface area contributed by atoms with Gasteiger partial charge in [0.25, 0.3) is 5.56 Å². The normalized spacial score (nSPS) is 26.2. The zero-order chi connectivity index (χ0) is 29.9. The molecule has 6 atom stereocenters. The van der Waals surface area contributed by atoms with Gasteiger partial charge in [0.15, 0.2) is 6.23 Å². The lowest BCUT2D eigenvalue weighted by Crippen LogP contribution is -2.38. The van der Waals surface area contributed by atoms with Crippen LogP contribution in [0.2, 0.25) is 0 Å². The van der Waals surface area contributed by atoms with Crippen LogP contribution in [0.25, 0.3) is 6.08 Å². The third-order valence-corrected chi connectivity index (χ3v) is 8.97. The molecule has 1 aromatic heterocycles. The number of aliphatic hydroxyl groups is 2. The molecule has 1 aliphatic heterocycles. The summed E-state index contributed by atoms with van der Waals surface area (Å²) in [6.45, 7) is -1.08. The molecule has 0 spiro atoms. The number of phosphoric acid groups is 3. The highest BCUT2D eigenvalue weighted by Crippen LogP contribution is 2.66. The first-order chi connectivity index (χ1) is 18.5. The van der Waals surface area contributed by atoms with Gasteiger partial charge < -0.3 is 39.8 Å². The van der Waals surface area contributed by atoms with Crippen molar-refractivity contribution < 1.29 is 66.2 Å². The monoisotopic (exact) mass is 631 g/mol. The lowest BCUT2D eigenvalue weighted by atomic mass is 10.1. The van der Waals surface area contributed by atoms with Crippen molar-refractivity contribution in [2.24, 2.45) is 5.92 Å². The Kier molecular flexibility index (Phi) is 10.2. The topological polar surface area (TPSA) is 293 Å². The standard InChI is InChI=1S/C18H24N3O16P3/c22-13-12(9-34-39(30,31)37-40(32,33)36-38(27,28)29)35-17(14(13)23)21-8-11(16(25)20-18(21)26)6-3-7-19-15(24)10-4-1-2-5-10/h1-6,8,10,12-14,17,22-23H,7,9H2,(H,19,24)(H,30,31)(H,32,33)(H,20,25,26)(H2,27,28,29)/b6-3+/t12-,13-,14-,17-/m1/s1. The predicted octanol–water partition coefficient (Wildman–Crippen LogP) is -1.63. The maximum atomic E-state index is 12.4. The van der Waals surface area contributed by atoms with Crippen molar-refractivity contribution in [3.8, 4) is 0 Å². The molecule has 0 saturated carbocycles. The van der Waals surface area contributed by atoms with Gasteiger partial charge in [-0.05, 0) is 0 Å². The number of aromatic nitrogens is 2. The molecule has 3 rings (SSSR count). The number of aliphatic hydroxyl groups excluding tert-OH is 2. The van der Waals surface area contributed by atoms with Crippen LogP contribution in [-0.2, 0) is 36.4 Å². The van der Waals surface area contributed by atoms with Gasteiger partial charge in [0, 0.05) is 12.7 Å². The third-order valence-electron chi connectivity index (χ3n) is 5.17. The van der Waals surface area contributed by atoms with E-state index in [1.165, 1.54) is 12.2 Å². The quantitative estimate of drug-likeness (QED) is 0.120. The smallest absolute Gasteiger partial charge is 0.387 e. The molecule has 40 heavy (non-hydrogen) atoms. The number of rotatable bonds is 12. The summed E-state index contributed by atoms with van der Waals surface area (Å²) in [6, 6.07) is 0. The number of nitrogens with zero attached hydrogens (tertiary/aromatic N) is 1. The van der Waals surface area contributed by atoms with E-state index in [0.29, 0.717) is 4.57 Å².